The average molecular weight is 305 g/mol. The largest absolute Gasteiger partial charge is 0.429 e. The first-order valence-electron chi connectivity index (χ1n) is 7.36. The quantitative estimate of drug-likeness (QED) is 0.833. The predicted octanol–water partition coefficient (Wildman–Crippen LogP) is 4.20. The van der Waals surface area contributed by atoms with Gasteiger partial charge in [0.1, 0.15) is 10.8 Å². The molecule has 0 fully saturated rings. The van der Waals surface area contributed by atoms with Gasteiger partial charge < -0.3 is 10.1 Å². The Hall–Kier alpha value is -1.46. The molecule has 0 amide bonds. The van der Waals surface area contributed by atoms with Gasteiger partial charge in [-0.15, -0.1) is 5.10 Å². The van der Waals surface area contributed by atoms with Crippen LogP contribution in [0.2, 0.25) is 0 Å². The van der Waals surface area contributed by atoms with Gasteiger partial charge in [-0.1, -0.05) is 62.3 Å². The second-order valence-corrected chi connectivity index (χ2v) is 6.81. The Morgan fingerprint density at radius 1 is 1.14 bits per heavy atom. The topological polar surface area (TPSA) is 47.0 Å². The number of aromatic nitrogens is 2. The van der Waals surface area contributed by atoms with Crippen LogP contribution in [-0.2, 0) is 6.54 Å². The highest BCUT2D eigenvalue weighted by molar-refractivity contribution is 7.13. The summed E-state index contributed by atoms with van der Waals surface area (Å²) >= 11 is 1.49. The van der Waals surface area contributed by atoms with Gasteiger partial charge in [0, 0.05) is 6.54 Å². The zero-order valence-electron chi connectivity index (χ0n) is 13.1. The van der Waals surface area contributed by atoms with Crippen molar-refractivity contribution in [3.8, 4) is 10.9 Å². The molecule has 0 saturated heterocycles. The minimum atomic E-state index is 0.418. The fourth-order valence-electron chi connectivity index (χ4n) is 1.96. The highest BCUT2D eigenvalue weighted by Gasteiger charge is 2.11. The molecule has 0 atom stereocenters. The summed E-state index contributed by atoms with van der Waals surface area (Å²) in [7, 11) is 0. The molecule has 21 heavy (non-hydrogen) atoms. The normalized spacial score (nSPS) is 11.3. The zero-order chi connectivity index (χ0) is 15.2. The van der Waals surface area contributed by atoms with E-state index in [4.69, 9.17) is 4.74 Å². The zero-order valence-corrected chi connectivity index (χ0v) is 13.9. The first kappa shape index (κ1) is 15.9. The van der Waals surface area contributed by atoms with E-state index in [-0.39, 0.29) is 0 Å². The Morgan fingerprint density at radius 2 is 1.90 bits per heavy atom. The van der Waals surface area contributed by atoms with Gasteiger partial charge in [0.25, 0.3) is 5.19 Å². The molecule has 0 aliphatic heterocycles. The van der Waals surface area contributed by atoms with Crippen LogP contribution in [0.5, 0.6) is 10.9 Å². The summed E-state index contributed by atoms with van der Waals surface area (Å²) in [5.74, 6) is 1.92. The first-order chi connectivity index (χ1) is 10.1. The number of nitrogens with zero attached hydrogens (tertiary/aromatic N) is 2. The molecule has 5 heteroatoms. The minimum Gasteiger partial charge on any atom is -0.429 e. The van der Waals surface area contributed by atoms with Crippen molar-refractivity contribution in [3.05, 3.63) is 34.8 Å². The van der Waals surface area contributed by atoms with Gasteiger partial charge in [-0.25, -0.2) is 0 Å². The molecule has 0 bridgehead atoms. The number of benzene rings is 1. The van der Waals surface area contributed by atoms with Crippen molar-refractivity contribution >= 4 is 11.3 Å². The molecular formula is C16H23N3OS. The molecule has 2 aromatic rings. The van der Waals surface area contributed by atoms with Crippen molar-refractivity contribution in [2.45, 2.75) is 40.2 Å². The fraction of sp³-hybridized carbons (Fsp3) is 0.500. The van der Waals surface area contributed by atoms with Gasteiger partial charge in [0.2, 0.25) is 0 Å². The number of nitrogens with one attached hydrogen (secondary N) is 1. The van der Waals surface area contributed by atoms with Gasteiger partial charge >= 0.3 is 0 Å². The minimum absolute atomic E-state index is 0.418. The van der Waals surface area contributed by atoms with E-state index in [0.29, 0.717) is 17.0 Å². The molecule has 114 valence electrons. The van der Waals surface area contributed by atoms with Crippen LogP contribution in [0.25, 0.3) is 0 Å². The lowest BCUT2D eigenvalue weighted by Crippen LogP contribution is -2.18. The van der Waals surface area contributed by atoms with Crippen LogP contribution in [0.4, 0.5) is 0 Å². The maximum atomic E-state index is 5.90. The van der Waals surface area contributed by atoms with Crippen LogP contribution in [0.3, 0.4) is 0 Å². The number of hydrogen-bond donors (Lipinski definition) is 1. The monoisotopic (exact) mass is 305 g/mol. The molecule has 0 unspecified atom stereocenters. The van der Waals surface area contributed by atoms with E-state index in [0.717, 1.165) is 23.8 Å². The summed E-state index contributed by atoms with van der Waals surface area (Å²) in [4.78, 5) is 0. The van der Waals surface area contributed by atoms with E-state index in [2.05, 4.69) is 49.3 Å². The molecule has 1 heterocycles. The van der Waals surface area contributed by atoms with E-state index in [9.17, 15) is 0 Å². The molecule has 0 aliphatic carbocycles. The number of ether oxygens (including phenoxy) is 1. The molecule has 0 radical (unpaired) electrons. The Balaban J connectivity index is 1.99. The average Bonchev–Trinajstić information content (AvgIpc) is 2.86. The van der Waals surface area contributed by atoms with Crippen molar-refractivity contribution in [1.82, 2.24) is 15.5 Å². The Kier molecular flexibility index (Phi) is 5.70. The summed E-state index contributed by atoms with van der Waals surface area (Å²) in [5.41, 5.74) is 1.19. The molecule has 1 aromatic heterocycles. The van der Waals surface area contributed by atoms with E-state index < -0.39 is 0 Å². The van der Waals surface area contributed by atoms with Gasteiger partial charge in [-0.05, 0) is 30.0 Å². The van der Waals surface area contributed by atoms with Crippen molar-refractivity contribution in [3.63, 3.8) is 0 Å². The highest BCUT2D eigenvalue weighted by atomic mass is 32.1. The van der Waals surface area contributed by atoms with Crippen LogP contribution in [-0.4, -0.2) is 16.7 Å². The van der Waals surface area contributed by atoms with Crippen molar-refractivity contribution in [2.75, 3.05) is 6.54 Å². The predicted molar refractivity (Wildman–Crippen MR) is 87.1 cm³/mol. The van der Waals surface area contributed by atoms with Crippen molar-refractivity contribution in [1.29, 1.82) is 0 Å². The summed E-state index contributed by atoms with van der Waals surface area (Å²) in [6, 6.07) is 8.08. The maximum absolute atomic E-state index is 5.90. The number of hydrogen-bond acceptors (Lipinski definition) is 5. The molecule has 2 rings (SSSR count). The van der Waals surface area contributed by atoms with Gasteiger partial charge in [0.15, 0.2) is 0 Å². The molecule has 0 spiro atoms. The lowest BCUT2D eigenvalue weighted by atomic mass is 10.0. The van der Waals surface area contributed by atoms with Gasteiger partial charge in [-0.2, -0.15) is 0 Å². The van der Waals surface area contributed by atoms with E-state index in [1.165, 1.54) is 16.9 Å². The van der Waals surface area contributed by atoms with E-state index in [1.807, 2.05) is 18.2 Å². The van der Waals surface area contributed by atoms with Crippen LogP contribution >= 0.6 is 11.3 Å². The van der Waals surface area contributed by atoms with Crippen LogP contribution in [0.15, 0.2) is 24.3 Å². The molecule has 1 N–H and O–H groups in total. The third-order valence-electron chi connectivity index (χ3n) is 3.02. The molecule has 0 aliphatic rings. The Bertz CT molecular complexity index is 566. The number of rotatable bonds is 7. The van der Waals surface area contributed by atoms with Gasteiger partial charge in [-0.3, -0.25) is 0 Å². The highest BCUT2D eigenvalue weighted by Crippen LogP contribution is 2.31. The van der Waals surface area contributed by atoms with Crippen LogP contribution in [0, 0.1) is 5.92 Å². The summed E-state index contributed by atoms with van der Waals surface area (Å²) in [6.07, 6.45) is 0. The van der Waals surface area contributed by atoms with Crippen LogP contribution in [0.1, 0.15) is 44.2 Å². The lowest BCUT2D eigenvalue weighted by molar-refractivity contribution is 0.464. The maximum Gasteiger partial charge on any atom is 0.299 e. The third kappa shape index (κ3) is 4.79. The summed E-state index contributed by atoms with van der Waals surface area (Å²) < 4.78 is 5.90. The Labute approximate surface area is 130 Å². The smallest absolute Gasteiger partial charge is 0.299 e. The summed E-state index contributed by atoms with van der Waals surface area (Å²) in [6.45, 7) is 10.4. The van der Waals surface area contributed by atoms with Crippen molar-refractivity contribution < 1.29 is 4.74 Å². The van der Waals surface area contributed by atoms with Gasteiger partial charge in [0.05, 0.1) is 0 Å². The van der Waals surface area contributed by atoms with E-state index >= 15 is 0 Å². The van der Waals surface area contributed by atoms with E-state index in [1.54, 1.807) is 0 Å². The first-order valence-corrected chi connectivity index (χ1v) is 8.17. The summed E-state index contributed by atoms with van der Waals surface area (Å²) in [5, 5.41) is 13.2. The third-order valence-corrected chi connectivity index (χ3v) is 3.82. The van der Waals surface area contributed by atoms with Crippen LogP contribution < -0.4 is 10.1 Å². The molecular weight excluding hydrogens is 282 g/mol. The second kappa shape index (κ2) is 7.52. The standard InChI is InChI=1S/C16H23N3OS/c1-11(2)9-17-10-15-18-19-16(21-15)20-14-8-6-5-7-13(14)12(3)4/h5-8,11-12,17H,9-10H2,1-4H3. The second-order valence-electron chi connectivity index (χ2n) is 5.78. The lowest BCUT2D eigenvalue weighted by Gasteiger charge is -2.11. The Morgan fingerprint density at radius 3 is 2.62 bits per heavy atom. The SMILES string of the molecule is CC(C)CNCc1nnc(Oc2ccccc2C(C)C)s1. The number of para-hydroxylation sites is 1. The fourth-order valence-corrected chi connectivity index (χ4v) is 2.63. The molecule has 0 saturated carbocycles. The molecule has 4 nitrogen and oxygen atoms in total. The molecule has 1 aromatic carbocycles. The van der Waals surface area contributed by atoms with Crippen molar-refractivity contribution in [2.24, 2.45) is 5.92 Å².